The Morgan fingerprint density at radius 3 is 2.42 bits per heavy atom. The van der Waals surface area contributed by atoms with Crippen LogP contribution < -0.4 is 4.90 Å². The number of aromatic nitrogens is 1. The summed E-state index contributed by atoms with van der Waals surface area (Å²) < 4.78 is 0. The van der Waals surface area contributed by atoms with Gasteiger partial charge in [0.05, 0.1) is 43.1 Å². The predicted octanol–water partition coefficient (Wildman–Crippen LogP) is 1.22. The van der Waals surface area contributed by atoms with Crippen molar-refractivity contribution in [2.75, 3.05) is 13.1 Å². The second-order valence-corrected chi connectivity index (χ2v) is 7.30. The van der Waals surface area contributed by atoms with Crippen molar-refractivity contribution in [2.24, 2.45) is 17.3 Å². The number of nitrogens with one attached hydrogen (secondary N) is 2. The van der Waals surface area contributed by atoms with Crippen LogP contribution in [0, 0.1) is 56.7 Å². The number of nitriles is 3. The predicted molar refractivity (Wildman–Crippen MR) is 94.9 cm³/mol. The van der Waals surface area contributed by atoms with Gasteiger partial charge in [-0.15, -0.1) is 0 Å². The fourth-order valence-corrected chi connectivity index (χ4v) is 4.34. The molecule has 130 valence electrons. The van der Waals surface area contributed by atoms with Gasteiger partial charge in [0.15, 0.2) is 5.41 Å². The first-order chi connectivity index (χ1) is 12.5. The number of nitrogens with zero attached hydrogens (tertiary/aromatic N) is 4. The van der Waals surface area contributed by atoms with Crippen molar-refractivity contribution in [1.29, 1.82) is 21.2 Å². The minimum atomic E-state index is -1.64. The van der Waals surface area contributed by atoms with Crippen LogP contribution >= 0.6 is 0 Å². The molecular formula is C20H21N6+. The Hall–Kier alpha value is -3.01. The van der Waals surface area contributed by atoms with E-state index in [1.54, 1.807) is 12.4 Å². The highest BCUT2D eigenvalue weighted by atomic mass is 15.2. The number of hydrogen-bond donors (Lipinski definition) is 2. The van der Waals surface area contributed by atoms with Crippen LogP contribution in [-0.2, 0) is 0 Å². The lowest BCUT2D eigenvalue weighted by Gasteiger charge is -2.46. The molecule has 3 rings (SSSR count). The van der Waals surface area contributed by atoms with Crippen molar-refractivity contribution < 1.29 is 4.90 Å². The SMILES string of the molecule is CC(C)[NH+]1CC=C2C(C#N)C(=N)C(C#N)(C#N)[C@H](c3ccncc3)[C@@H]2C1. The van der Waals surface area contributed by atoms with Crippen LogP contribution in [0.5, 0.6) is 0 Å². The first-order valence-electron chi connectivity index (χ1n) is 8.75. The first-order valence-corrected chi connectivity index (χ1v) is 8.75. The van der Waals surface area contributed by atoms with Gasteiger partial charge in [-0.05, 0) is 43.2 Å². The van der Waals surface area contributed by atoms with Gasteiger partial charge in [0, 0.05) is 24.2 Å². The average Bonchev–Trinajstić information content (AvgIpc) is 2.67. The summed E-state index contributed by atoms with van der Waals surface area (Å²) in [6, 6.07) is 10.4. The van der Waals surface area contributed by atoms with Crippen molar-refractivity contribution in [3.05, 3.63) is 41.7 Å². The zero-order chi connectivity index (χ0) is 18.9. The molecule has 2 unspecified atom stereocenters. The maximum absolute atomic E-state index is 9.96. The van der Waals surface area contributed by atoms with Crippen molar-refractivity contribution in [2.45, 2.75) is 25.8 Å². The Kier molecular flexibility index (Phi) is 4.60. The molecule has 0 spiro atoms. The van der Waals surface area contributed by atoms with Gasteiger partial charge in [-0.2, -0.15) is 15.8 Å². The first kappa shape index (κ1) is 17.8. The molecular weight excluding hydrogens is 324 g/mol. The van der Waals surface area contributed by atoms with Crippen LogP contribution in [-0.4, -0.2) is 29.8 Å². The molecule has 1 fully saturated rings. The molecule has 6 nitrogen and oxygen atoms in total. The Morgan fingerprint density at radius 1 is 1.23 bits per heavy atom. The Balaban J connectivity index is 2.23. The lowest BCUT2D eigenvalue weighted by molar-refractivity contribution is -0.920. The summed E-state index contributed by atoms with van der Waals surface area (Å²) in [5.74, 6) is -1.40. The van der Waals surface area contributed by atoms with Gasteiger partial charge in [0.1, 0.15) is 5.92 Å². The summed E-state index contributed by atoms with van der Waals surface area (Å²) >= 11 is 0. The van der Waals surface area contributed by atoms with E-state index in [2.05, 4.69) is 43.1 Å². The van der Waals surface area contributed by atoms with E-state index in [1.807, 2.05) is 12.1 Å². The molecule has 1 aromatic heterocycles. The van der Waals surface area contributed by atoms with E-state index in [-0.39, 0.29) is 11.6 Å². The number of hydrogen-bond acceptors (Lipinski definition) is 5. The summed E-state index contributed by atoms with van der Waals surface area (Å²) in [4.78, 5) is 5.40. The van der Waals surface area contributed by atoms with Gasteiger partial charge in [-0.3, -0.25) is 4.98 Å². The third-order valence-electron chi connectivity index (χ3n) is 5.79. The molecule has 0 amide bonds. The summed E-state index contributed by atoms with van der Waals surface area (Å²) in [6.07, 6.45) is 5.35. The van der Waals surface area contributed by atoms with E-state index in [0.717, 1.165) is 24.2 Å². The highest BCUT2D eigenvalue weighted by Gasteiger charge is 2.58. The van der Waals surface area contributed by atoms with E-state index in [1.165, 1.54) is 4.90 Å². The summed E-state index contributed by atoms with van der Waals surface area (Å²) in [5.41, 5.74) is -0.0132. The topological polar surface area (TPSA) is 113 Å². The van der Waals surface area contributed by atoms with Gasteiger partial charge in [-0.25, -0.2) is 0 Å². The molecule has 2 N–H and O–H groups in total. The van der Waals surface area contributed by atoms with Crippen LogP contribution in [0.3, 0.4) is 0 Å². The highest BCUT2D eigenvalue weighted by Crippen LogP contribution is 2.52. The molecule has 0 aromatic carbocycles. The monoisotopic (exact) mass is 345 g/mol. The Morgan fingerprint density at radius 2 is 1.88 bits per heavy atom. The normalized spacial score (nSPS) is 29.7. The zero-order valence-corrected chi connectivity index (χ0v) is 14.9. The molecule has 2 aliphatic rings. The molecule has 2 heterocycles. The van der Waals surface area contributed by atoms with Crippen LogP contribution in [0.15, 0.2) is 36.2 Å². The maximum Gasteiger partial charge on any atom is 0.189 e. The van der Waals surface area contributed by atoms with E-state index in [4.69, 9.17) is 5.41 Å². The van der Waals surface area contributed by atoms with E-state index in [9.17, 15) is 15.8 Å². The second kappa shape index (κ2) is 6.71. The lowest BCUT2D eigenvalue weighted by Crippen LogP contribution is -3.16. The van der Waals surface area contributed by atoms with Crippen molar-refractivity contribution in [3.63, 3.8) is 0 Å². The van der Waals surface area contributed by atoms with Gasteiger partial charge in [-0.1, -0.05) is 0 Å². The third-order valence-corrected chi connectivity index (χ3v) is 5.79. The molecule has 6 heteroatoms. The van der Waals surface area contributed by atoms with E-state index >= 15 is 0 Å². The molecule has 1 aliphatic heterocycles. The fraction of sp³-hybridized carbons (Fsp3) is 0.450. The molecule has 1 saturated carbocycles. The Labute approximate surface area is 153 Å². The molecule has 4 atom stereocenters. The minimum Gasteiger partial charge on any atom is -0.329 e. The van der Waals surface area contributed by atoms with Crippen molar-refractivity contribution in [1.82, 2.24) is 4.98 Å². The summed E-state index contributed by atoms with van der Waals surface area (Å²) in [5, 5.41) is 38.2. The third kappa shape index (κ3) is 2.49. The number of fused-ring (bicyclic) bond motifs is 1. The van der Waals surface area contributed by atoms with E-state index < -0.39 is 17.3 Å². The molecule has 1 aromatic rings. The quantitative estimate of drug-likeness (QED) is 0.785. The molecule has 0 saturated heterocycles. The zero-order valence-electron chi connectivity index (χ0n) is 14.9. The fourth-order valence-electron chi connectivity index (χ4n) is 4.34. The lowest BCUT2D eigenvalue weighted by atomic mass is 9.54. The van der Waals surface area contributed by atoms with Crippen LogP contribution in [0.25, 0.3) is 0 Å². The molecule has 26 heavy (non-hydrogen) atoms. The smallest absolute Gasteiger partial charge is 0.189 e. The van der Waals surface area contributed by atoms with Gasteiger partial charge >= 0.3 is 0 Å². The largest absolute Gasteiger partial charge is 0.329 e. The maximum atomic E-state index is 9.96. The number of quaternary nitrogens is 1. The van der Waals surface area contributed by atoms with Crippen LogP contribution in [0.1, 0.15) is 25.3 Å². The Bertz CT molecular complexity index is 850. The van der Waals surface area contributed by atoms with Crippen LogP contribution in [0.4, 0.5) is 0 Å². The van der Waals surface area contributed by atoms with Crippen molar-refractivity contribution >= 4 is 5.71 Å². The number of pyridine rings is 1. The second-order valence-electron chi connectivity index (χ2n) is 7.30. The average molecular weight is 345 g/mol. The van der Waals surface area contributed by atoms with Gasteiger partial charge in [0.2, 0.25) is 0 Å². The number of rotatable bonds is 2. The standard InChI is InChI=1S/C20H20N6/c1-13(2)26-8-5-15-16(9-21)19(24)20(11-22,12-23)18(17(15)10-26)14-3-6-25-7-4-14/h3-7,13,16-18,24H,8,10H2,1-2H3/p+1/t16?,17-,18-/m1/s1. The summed E-state index contributed by atoms with van der Waals surface area (Å²) in [7, 11) is 0. The van der Waals surface area contributed by atoms with Crippen LogP contribution in [0.2, 0.25) is 0 Å². The molecule has 1 aliphatic carbocycles. The van der Waals surface area contributed by atoms with Crippen molar-refractivity contribution in [3.8, 4) is 18.2 Å². The minimum absolute atomic E-state index is 0.0951. The molecule has 0 radical (unpaired) electrons. The van der Waals surface area contributed by atoms with Gasteiger partial charge in [0.25, 0.3) is 0 Å². The molecule has 0 bridgehead atoms. The summed E-state index contributed by atoms with van der Waals surface area (Å²) in [6.45, 7) is 5.82. The van der Waals surface area contributed by atoms with Gasteiger partial charge < -0.3 is 10.3 Å². The van der Waals surface area contributed by atoms with E-state index in [0.29, 0.717) is 6.04 Å². The highest BCUT2D eigenvalue weighted by molar-refractivity contribution is 6.00.